The molecule has 2 N–H and O–H groups in total. The van der Waals surface area contributed by atoms with Crippen molar-refractivity contribution in [1.29, 1.82) is 0 Å². The number of aryl methyl sites for hydroxylation is 1. The van der Waals surface area contributed by atoms with E-state index in [4.69, 9.17) is 4.74 Å². The smallest absolute Gasteiger partial charge is 0.221 e. The molecule has 1 aliphatic rings. The quantitative estimate of drug-likeness (QED) is 0.746. The summed E-state index contributed by atoms with van der Waals surface area (Å²) in [5.74, 6) is 0.0947. The van der Waals surface area contributed by atoms with Gasteiger partial charge in [0.25, 0.3) is 0 Å². The van der Waals surface area contributed by atoms with Crippen LogP contribution in [0, 0.1) is 6.92 Å². The second-order valence-electron chi connectivity index (χ2n) is 5.35. The molecule has 0 aromatic heterocycles. The van der Waals surface area contributed by atoms with Crippen molar-refractivity contribution in [2.75, 3.05) is 19.7 Å². The summed E-state index contributed by atoms with van der Waals surface area (Å²) in [5.41, 5.74) is 2.52. The number of nitrogens with one attached hydrogen (secondary N) is 2. The van der Waals surface area contributed by atoms with Crippen LogP contribution < -0.4 is 10.6 Å². The molecule has 0 radical (unpaired) electrons. The van der Waals surface area contributed by atoms with Crippen LogP contribution in [-0.2, 0) is 16.1 Å². The van der Waals surface area contributed by atoms with E-state index in [1.165, 1.54) is 11.1 Å². The van der Waals surface area contributed by atoms with Crippen molar-refractivity contribution in [2.45, 2.75) is 38.8 Å². The molecule has 1 aliphatic heterocycles. The van der Waals surface area contributed by atoms with Crippen LogP contribution >= 0.6 is 0 Å². The number of amides is 1. The summed E-state index contributed by atoms with van der Waals surface area (Å²) in [4.78, 5) is 11.7. The Balaban J connectivity index is 1.55. The molecule has 1 fully saturated rings. The molecular formula is C16H24N2O2. The van der Waals surface area contributed by atoms with Crippen LogP contribution in [0.15, 0.2) is 24.3 Å². The first-order chi connectivity index (χ1) is 9.74. The van der Waals surface area contributed by atoms with Crippen LogP contribution in [0.2, 0.25) is 0 Å². The fourth-order valence-corrected chi connectivity index (χ4v) is 2.38. The molecule has 4 nitrogen and oxygen atoms in total. The number of carbonyl (C=O) groups excluding carboxylic acids is 1. The van der Waals surface area contributed by atoms with Crippen LogP contribution in [0.5, 0.6) is 0 Å². The fourth-order valence-electron chi connectivity index (χ4n) is 2.38. The summed E-state index contributed by atoms with van der Waals surface area (Å²) in [6, 6.07) is 8.39. The average Bonchev–Trinajstić information content (AvgIpc) is 2.95. The van der Waals surface area contributed by atoms with Gasteiger partial charge in [0.15, 0.2) is 0 Å². The fraction of sp³-hybridized carbons (Fsp3) is 0.562. The molecular weight excluding hydrogens is 252 g/mol. The normalized spacial score (nSPS) is 18.1. The van der Waals surface area contributed by atoms with Gasteiger partial charge >= 0.3 is 0 Å². The SMILES string of the molecule is Cc1cccc(CNCCC(=O)NCC2CCCO2)c1. The largest absolute Gasteiger partial charge is 0.376 e. The Kier molecular flexibility index (Phi) is 6.02. The lowest BCUT2D eigenvalue weighted by Gasteiger charge is -2.11. The van der Waals surface area contributed by atoms with Crippen molar-refractivity contribution < 1.29 is 9.53 Å². The molecule has 110 valence electrons. The standard InChI is InChI=1S/C16H24N2O2/c1-13-4-2-5-14(10-13)11-17-8-7-16(19)18-12-15-6-3-9-20-15/h2,4-5,10,15,17H,3,6-9,11-12H2,1H3,(H,18,19). The second-order valence-corrected chi connectivity index (χ2v) is 5.35. The summed E-state index contributed by atoms with van der Waals surface area (Å²) in [6.07, 6.45) is 2.91. The van der Waals surface area contributed by atoms with Gasteiger partial charge in [0.1, 0.15) is 0 Å². The molecule has 1 heterocycles. The molecule has 1 aromatic carbocycles. The molecule has 1 unspecified atom stereocenters. The lowest BCUT2D eigenvalue weighted by molar-refractivity contribution is -0.121. The Bertz CT molecular complexity index is 428. The predicted octanol–water partition coefficient (Wildman–Crippen LogP) is 1.77. The van der Waals surface area contributed by atoms with E-state index in [1.54, 1.807) is 0 Å². The highest BCUT2D eigenvalue weighted by atomic mass is 16.5. The van der Waals surface area contributed by atoms with Crippen LogP contribution in [0.3, 0.4) is 0 Å². The third kappa shape index (κ3) is 5.31. The molecule has 1 saturated heterocycles. The Labute approximate surface area is 120 Å². The third-order valence-corrected chi connectivity index (χ3v) is 3.49. The summed E-state index contributed by atoms with van der Waals surface area (Å²) < 4.78 is 5.47. The number of ether oxygens (including phenoxy) is 1. The summed E-state index contributed by atoms with van der Waals surface area (Å²) in [6.45, 7) is 5.07. The number of carbonyl (C=O) groups is 1. The number of rotatable bonds is 7. The van der Waals surface area contributed by atoms with Gasteiger partial charge in [0.05, 0.1) is 6.10 Å². The minimum Gasteiger partial charge on any atom is -0.376 e. The van der Waals surface area contributed by atoms with Gasteiger partial charge in [-0.25, -0.2) is 0 Å². The van der Waals surface area contributed by atoms with Gasteiger partial charge in [0, 0.05) is 32.7 Å². The van der Waals surface area contributed by atoms with E-state index in [1.807, 2.05) is 0 Å². The molecule has 0 saturated carbocycles. The maximum atomic E-state index is 11.7. The third-order valence-electron chi connectivity index (χ3n) is 3.49. The first kappa shape index (κ1) is 15.0. The highest BCUT2D eigenvalue weighted by molar-refractivity contribution is 5.76. The predicted molar refractivity (Wildman–Crippen MR) is 79.5 cm³/mol. The van der Waals surface area contributed by atoms with Crippen LogP contribution in [0.25, 0.3) is 0 Å². The molecule has 0 bridgehead atoms. The van der Waals surface area contributed by atoms with Crippen molar-refractivity contribution in [3.8, 4) is 0 Å². The zero-order valence-electron chi connectivity index (χ0n) is 12.2. The minimum absolute atomic E-state index is 0.0947. The first-order valence-electron chi connectivity index (χ1n) is 7.38. The number of hydrogen-bond acceptors (Lipinski definition) is 3. The van der Waals surface area contributed by atoms with E-state index in [0.717, 1.165) is 26.0 Å². The maximum absolute atomic E-state index is 11.7. The molecule has 1 amide bonds. The van der Waals surface area contributed by atoms with Gasteiger partial charge in [-0.3, -0.25) is 4.79 Å². The van der Waals surface area contributed by atoms with Gasteiger partial charge in [-0.1, -0.05) is 29.8 Å². The van der Waals surface area contributed by atoms with Crippen molar-refractivity contribution in [1.82, 2.24) is 10.6 Å². The van der Waals surface area contributed by atoms with E-state index in [2.05, 4.69) is 41.8 Å². The number of benzene rings is 1. The topological polar surface area (TPSA) is 50.4 Å². The van der Waals surface area contributed by atoms with Crippen molar-refractivity contribution in [3.63, 3.8) is 0 Å². The first-order valence-corrected chi connectivity index (χ1v) is 7.38. The van der Waals surface area contributed by atoms with Gasteiger partial charge in [-0.05, 0) is 25.3 Å². The number of hydrogen-bond donors (Lipinski definition) is 2. The molecule has 4 heteroatoms. The van der Waals surface area contributed by atoms with Crippen molar-refractivity contribution in [2.24, 2.45) is 0 Å². The van der Waals surface area contributed by atoms with Crippen molar-refractivity contribution in [3.05, 3.63) is 35.4 Å². The second kappa shape index (κ2) is 8.02. The van der Waals surface area contributed by atoms with Crippen LogP contribution in [0.1, 0.15) is 30.4 Å². The molecule has 20 heavy (non-hydrogen) atoms. The van der Waals surface area contributed by atoms with Crippen LogP contribution in [-0.4, -0.2) is 31.7 Å². The Morgan fingerprint density at radius 1 is 1.45 bits per heavy atom. The Hall–Kier alpha value is -1.39. The molecule has 1 aromatic rings. The molecule has 0 aliphatic carbocycles. The van der Waals surface area contributed by atoms with E-state index in [0.29, 0.717) is 19.5 Å². The van der Waals surface area contributed by atoms with Crippen molar-refractivity contribution >= 4 is 5.91 Å². The minimum atomic E-state index is 0.0947. The van der Waals surface area contributed by atoms with E-state index >= 15 is 0 Å². The molecule has 0 spiro atoms. The zero-order valence-corrected chi connectivity index (χ0v) is 12.2. The highest BCUT2D eigenvalue weighted by Crippen LogP contribution is 2.10. The summed E-state index contributed by atoms with van der Waals surface area (Å²) in [7, 11) is 0. The molecule has 2 rings (SSSR count). The van der Waals surface area contributed by atoms with E-state index in [-0.39, 0.29) is 12.0 Å². The van der Waals surface area contributed by atoms with Gasteiger partial charge in [-0.2, -0.15) is 0 Å². The van der Waals surface area contributed by atoms with Crippen LogP contribution in [0.4, 0.5) is 0 Å². The highest BCUT2D eigenvalue weighted by Gasteiger charge is 2.15. The van der Waals surface area contributed by atoms with Gasteiger partial charge in [-0.15, -0.1) is 0 Å². The average molecular weight is 276 g/mol. The summed E-state index contributed by atoms with van der Waals surface area (Å²) >= 11 is 0. The maximum Gasteiger partial charge on any atom is 0.221 e. The van der Waals surface area contributed by atoms with Gasteiger partial charge < -0.3 is 15.4 Å². The monoisotopic (exact) mass is 276 g/mol. The lowest BCUT2D eigenvalue weighted by Crippen LogP contribution is -2.33. The Morgan fingerprint density at radius 2 is 2.35 bits per heavy atom. The Morgan fingerprint density at radius 3 is 3.10 bits per heavy atom. The molecule has 1 atom stereocenters. The summed E-state index contributed by atoms with van der Waals surface area (Å²) in [5, 5.41) is 6.22. The van der Waals surface area contributed by atoms with E-state index < -0.39 is 0 Å². The zero-order chi connectivity index (χ0) is 14.2. The van der Waals surface area contributed by atoms with Gasteiger partial charge in [0.2, 0.25) is 5.91 Å². The van der Waals surface area contributed by atoms with E-state index in [9.17, 15) is 4.79 Å². The lowest BCUT2D eigenvalue weighted by atomic mass is 10.1.